The minimum Gasteiger partial charge on any atom is -0.379 e. The molecule has 1 saturated heterocycles. The molecule has 7 heteroatoms. The van der Waals surface area contributed by atoms with Gasteiger partial charge in [-0.3, -0.25) is 19.3 Å². The number of carbonyl (C=O) groups is 3. The second-order valence-corrected chi connectivity index (χ2v) is 10.3. The molecule has 36 heavy (non-hydrogen) atoms. The molecule has 1 fully saturated rings. The van der Waals surface area contributed by atoms with Crippen LogP contribution in [-0.2, 0) is 25.5 Å². The Morgan fingerprint density at radius 1 is 1.08 bits per heavy atom. The third kappa shape index (κ3) is 7.95. The van der Waals surface area contributed by atoms with Crippen molar-refractivity contribution < 1.29 is 19.1 Å². The van der Waals surface area contributed by atoms with Gasteiger partial charge in [-0.05, 0) is 56.1 Å². The number of morpholine rings is 1. The molecular weight excluding hydrogens is 454 g/mol. The summed E-state index contributed by atoms with van der Waals surface area (Å²) in [5, 5.41) is 3.00. The maximum Gasteiger partial charge on any atom is 0.234 e. The predicted octanol–water partition coefficient (Wildman–Crippen LogP) is 2.98. The van der Waals surface area contributed by atoms with E-state index in [9.17, 15) is 14.4 Å². The molecule has 1 aliphatic carbocycles. The number of benzene rings is 1. The topological polar surface area (TPSA) is 102 Å². The molecule has 1 amide bonds. The molecular formula is C29H41N3O4. The fourth-order valence-corrected chi connectivity index (χ4v) is 4.93. The van der Waals surface area contributed by atoms with Crippen molar-refractivity contribution in [1.82, 2.24) is 10.2 Å². The van der Waals surface area contributed by atoms with Crippen molar-refractivity contribution in [1.29, 1.82) is 0 Å². The summed E-state index contributed by atoms with van der Waals surface area (Å²) >= 11 is 0. The average molecular weight is 496 g/mol. The zero-order valence-electron chi connectivity index (χ0n) is 21.9. The lowest BCUT2D eigenvalue weighted by Crippen LogP contribution is -2.48. The van der Waals surface area contributed by atoms with E-state index < -0.39 is 12.1 Å². The van der Waals surface area contributed by atoms with Crippen molar-refractivity contribution >= 4 is 17.5 Å². The number of aryl methyl sites for hydroxylation is 1. The highest BCUT2D eigenvalue weighted by Crippen LogP contribution is 2.29. The molecule has 1 aromatic carbocycles. The Morgan fingerprint density at radius 3 is 2.44 bits per heavy atom. The Hall–Kier alpha value is -2.61. The summed E-state index contributed by atoms with van der Waals surface area (Å²) in [7, 11) is 0. The standard InChI is InChI=1S/C29H41N3O4/c1-20(2)18-24(30)28(34)23-11-7-8-21(3)27(23)29(35)25(13-12-22-9-5-4-6-10-22)31-26(33)19-32-14-16-36-17-15-32/h4-6,8-10,20,24-25H,7,11-19,30H2,1-3H3,(H,31,33)/t24-,25-/m0/s1. The molecule has 0 unspecified atom stereocenters. The predicted molar refractivity (Wildman–Crippen MR) is 141 cm³/mol. The van der Waals surface area contributed by atoms with Gasteiger partial charge in [-0.1, -0.05) is 50.3 Å². The summed E-state index contributed by atoms with van der Waals surface area (Å²) in [5.41, 5.74) is 9.09. The van der Waals surface area contributed by atoms with Crippen LogP contribution in [0.1, 0.15) is 52.0 Å². The first kappa shape index (κ1) is 28.0. The van der Waals surface area contributed by atoms with E-state index in [2.05, 4.69) is 5.32 Å². The Kier molecular flexibility index (Phi) is 10.6. The maximum absolute atomic E-state index is 14.0. The van der Waals surface area contributed by atoms with Gasteiger partial charge in [0.2, 0.25) is 5.91 Å². The molecule has 1 aromatic rings. The van der Waals surface area contributed by atoms with Crippen molar-refractivity contribution in [3.63, 3.8) is 0 Å². The second-order valence-electron chi connectivity index (χ2n) is 10.3. The number of nitrogens with two attached hydrogens (primary N) is 1. The number of Topliss-reactive ketones (excluding diaryl/α,β-unsaturated/α-hetero) is 2. The first-order chi connectivity index (χ1) is 17.3. The van der Waals surface area contributed by atoms with Crippen LogP contribution >= 0.6 is 0 Å². The van der Waals surface area contributed by atoms with Crippen LogP contribution in [0.25, 0.3) is 0 Å². The summed E-state index contributed by atoms with van der Waals surface area (Å²) in [6, 6.07) is 8.56. The third-order valence-corrected chi connectivity index (χ3v) is 6.83. The van der Waals surface area contributed by atoms with Gasteiger partial charge in [0.05, 0.1) is 31.8 Å². The highest BCUT2D eigenvalue weighted by atomic mass is 16.5. The first-order valence-electron chi connectivity index (χ1n) is 13.1. The van der Waals surface area contributed by atoms with Crippen LogP contribution in [0.2, 0.25) is 0 Å². The molecule has 0 radical (unpaired) electrons. The summed E-state index contributed by atoms with van der Waals surface area (Å²) < 4.78 is 5.37. The first-order valence-corrected chi connectivity index (χ1v) is 13.1. The summed E-state index contributed by atoms with van der Waals surface area (Å²) in [6.45, 7) is 8.73. The zero-order valence-corrected chi connectivity index (χ0v) is 21.9. The number of carbonyl (C=O) groups excluding carboxylic acids is 3. The fourth-order valence-electron chi connectivity index (χ4n) is 4.93. The molecule has 3 N–H and O–H groups in total. The van der Waals surface area contributed by atoms with Gasteiger partial charge in [-0.25, -0.2) is 0 Å². The van der Waals surface area contributed by atoms with Crippen LogP contribution in [0, 0.1) is 5.92 Å². The van der Waals surface area contributed by atoms with Crippen LogP contribution < -0.4 is 11.1 Å². The number of hydrogen-bond donors (Lipinski definition) is 2. The molecule has 1 heterocycles. The molecule has 2 aliphatic rings. The van der Waals surface area contributed by atoms with Gasteiger partial charge in [0.15, 0.2) is 11.6 Å². The second kappa shape index (κ2) is 13.6. The van der Waals surface area contributed by atoms with Crippen molar-refractivity contribution in [3.05, 3.63) is 58.7 Å². The monoisotopic (exact) mass is 495 g/mol. The molecule has 0 bridgehead atoms. The quantitative estimate of drug-likeness (QED) is 0.462. The summed E-state index contributed by atoms with van der Waals surface area (Å²) in [5.74, 6) is -0.261. The lowest BCUT2D eigenvalue weighted by atomic mass is 9.81. The molecule has 0 aromatic heterocycles. The highest BCUT2D eigenvalue weighted by Gasteiger charge is 2.32. The van der Waals surface area contributed by atoms with E-state index in [1.165, 1.54) is 0 Å². The number of rotatable bonds is 12. The van der Waals surface area contributed by atoms with E-state index in [0.717, 1.165) is 11.1 Å². The Morgan fingerprint density at radius 2 is 1.78 bits per heavy atom. The van der Waals surface area contributed by atoms with Crippen LogP contribution in [0.4, 0.5) is 0 Å². The van der Waals surface area contributed by atoms with Gasteiger partial charge in [0.1, 0.15) is 0 Å². The highest BCUT2D eigenvalue weighted by molar-refractivity contribution is 6.13. The number of ether oxygens (including phenoxy) is 1. The van der Waals surface area contributed by atoms with E-state index in [1.807, 2.05) is 62.1 Å². The van der Waals surface area contributed by atoms with Crippen molar-refractivity contribution in [3.8, 4) is 0 Å². The van der Waals surface area contributed by atoms with Gasteiger partial charge in [0, 0.05) is 24.2 Å². The van der Waals surface area contributed by atoms with Crippen molar-refractivity contribution in [2.24, 2.45) is 11.7 Å². The van der Waals surface area contributed by atoms with E-state index in [0.29, 0.717) is 69.6 Å². The Bertz CT molecular complexity index is 977. The Balaban J connectivity index is 1.84. The fraction of sp³-hybridized carbons (Fsp3) is 0.552. The maximum atomic E-state index is 14.0. The number of nitrogens with zero attached hydrogens (tertiary/aromatic N) is 1. The Labute approximate surface area is 215 Å². The van der Waals surface area contributed by atoms with E-state index >= 15 is 0 Å². The number of nitrogens with one attached hydrogen (secondary N) is 1. The van der Waals surface area contributed by atoms with Gasteiger partial charge in [0.25, 0.3) is 0 Å². The molecule has 0 saturated carbocycles. The minimum atomic E-state index is -0.723. The summed E-state index contributed by atoms with van der Waals surface area (Å²) in [4.78, 5) is 42.3. The number of hydrogen-bond acceptors (Lipinski definition) is 6. The molecule has 2 atom stereocenters. The lowest BCUT2D eigenvalue weighted by molar-refractivity contribution is -0.127. The van der Waals surface area contributed by atoms with Crippen LogP contribution in [0.5, 0.6) is 0 Å². The third-order valence-electron chi connectivity index (χ3n) is 6.83. The smallest absolute Gasteiger partial charge is 0.234 e. The number of allylic oxidation sites excluding steroid dienone is 2. The van der Waals surface area contributed by atoms with Gasteiger partial charge in [-0.2, -0.15) is 0 Å². The molecule has 196 valence electrons. The average Bonchev–Trinajstić information content (AvgIpc) is 2.86. The van der Waals surface area contributed by atoms with Crippen LogP contribution in [0.15, 0.2) is 53.1 Å². The van der Waals surface area contributed by atoms with Crippen LogP contribution in [0.3, 0.4) is 0 Å². The normalized spacial score (nSPS) is 18.5. The van der Waals surface area contributed by atoms with E-state index in [1.54, 1.807) is 0 Å². The van der Waals surface area contributed by atoms with Gasteiger partial charge >= 0.3 is 0 Å². The van der Waals surface area contributed by atoms with E-state index in [-0.39, 0.29) is 29.9 Å². The molecule has 7 nitrogen and oxygen atoms in total. The zero-order chi connectivity index (χ0) is 26.1. The van der Waals surface area contributed by atoms with E-state index in [4.69, 9.17) is 10.5 Å². The largest absolute Gasteiger partial charge is 0.379 e. The molecule has 0 spiro atoms. The minimum absolute atomic E-state index is 0.152. The number of amides is 1. The summed E-state index contributed by atoms with van der Waals surface area (Å²) in [6.07, 6.45) is 4.86. The molecule has 1 aliphatic heterocycles. The SMILES string of the molecule is CC1=CCCC(C(=O)[C@@H](N)CC(C)C)=C1C(=O)[C@H](CCc1ccccc1)NC(=O)CN1CCOCC1. The number of ketones is 2. The van der Waals surface area contributed by atoms with Crippen molar-refractivity contribution in [2.75, 3.05) is 32.8 Å². The van der Waals surface area contributed by atoms with Gasteiger partial charge in [-0.15, -0.1) is 0 Å². The van der Waals surface area contributed by atoms with Gasteiger partial charge < -0.3 is 15.8 Å². The van der Waals surface area contributed by atoms with Crippen molar-refractivity contribution in [2.45, 2.75) is 65.0 Å². The van der Waals surface area contributed by atoms with Crippen LogP contribution in [-0.4, -0.2) is 67.3 Å². The molecule has 3 rings (SSSR count). The lowest BCUT2D eigenvalue weighted by Gasteiger charge is -2.28.